The first-order chi connectivity index (χ1) is 14.8. The first-order valence-electron chi connectivity index (χ1n) is 9.64. The average molecular weight is 420 g/mol. The van der Waals surface area contributed by atoms with E-state index in [2.05, 4.69) is 11.9 Å². The second-order valence-corrected chi connectivity index (χ2v) is 7.61. The minimum absolute atomic E-state index is 0.0628. The van der Waals surface area contributed by atoms with Crippen LogP contribution in [0.15, 0.2) is 61.2 Å². The quantitative estimate of drug-likeness (QED) is 0.352. The lowest BCUT2D eigenvalue weighted by Gasteiger charge is -2.50. The van der Waals surface area contributed by atoms with E-state index in [4.69, 9.17) is 0 Å². The lowest BCUT2D eigenvalue weighted by Crippen LogP contribution is -2.69. The van der Waals surface area contributed by atoms with Gasteiger partial charge in [-0.15, -0.1) is 6.58 Å². The van der Waals surface area contributed by atoms with E-state index < -0.39 is 34.2 Å². The molecule has 0 bridgehead atoms. The molecule has 1 N–H and O–H groups in total. The maximum atomic E-state index is 13.7. The molecule has 2 atom stereocenters. The van der Waals surface area contributed by atoms with Crippen LogP contribution in [0.4, 0.5) is 16.2 Å². The van der Waals surface area contributed by atoms with E-state index in [0.717, 1.165) is 4.90 Å². The number of benzene rings is 2. The van der Waals surface area contributed by atoms with Crippen molar-refractivity contribution in [2.24, 2.45) is 5.41 Å². The summed E-state index contributed by atoms with van der Waals surface area (Å²) >= 11 is 0. The lowest BCUT2D eigenvalue weighted by molar-refractivity contribution is -0.384. The zero-order chi connectivity index (χ0) is 22.3. The molecule has 2 aliphatic heterocycles. The number of imide groups is 2. The van der Waals surface area contributed by atoms with Crippen LogP contribution in [-0.2, 0) is 16.0 Å². The first-order valence-corrected chi connectivity index (χ1v) is 9.64. The highest BCUT2D eigenvalue weighted by Gasteiger charge is 2.62. The van der Waals surface area contributed by atoms with Gasteiger partial charge in [0.05, 0.1) is 11.0 Å². The van der Waals surface area contributed by atoms with Crippen LogP contribution in [0.3, 0.4) is 0 Å². The molecule has 158 valence electrons. The summed E-state index contributed by atoms with van der Waals surface area (Å²) in [6.45, 7) is 3.53. The second-order valence-electron chi connectivity index (χ2n) is 7.61. The largest absolute Gasteiger partial charge is 0.366 e. The molecule has 2 heterocycles. The Bertz CT molecular complexity index is 1120. The molecular formula is C22H20N4O5. The number of amides is 4. The smallest absolute Gasteiger partial charge is 0.331 e. The normalized spacial score (nSPS) is 22.9. The van der Waals surface area contributed by atoms with Gasteiger partial charge < -0.3 is 4.90 Å². The number of nitro groups is 1. The van der Waals surface area contributed by atoms with Gasteiger partial charge in [0.15, 0.2) is 5.41 Å². The maximum absolute atomic E-state index is 13.7. The van der Waals surface area contributed by atoms with Crippen molar-refractivity contribution in [1.29, 1.82) is 0 Å². The van der Waals surface area contributed by atoms with E-state index in [9.17, 15) is 24.5 Å². The van der Waals surface area contributed by atoms with Crippen LogP contribution in [0, 0.1) is 15.5 Å². The molecule has 1 saturated heterocycles. The van der Waals surface area contributed by atoms with Gasteiger partial charge >= 0.3 is 6.03 Å². The number of hydrogen-bond acceptors (Lipinski definition) is 6. The van der Waals surface area contributed by atoms with Crippen molar-refractivity contribution < 1.29 is 19.3 Å². The topological polar surface area (TPSA) is 113 Å². The molecule has 9 heteroatoms. The van der Waals surface area contributed by atoms with Crippen molar-refractivity contribution in [3.63, 3.8) is 0 Å². The van der Waals surface area contributed by atoms with Gasteiger partial charge in [0.1, 0.15) is 0 Å². The molecular weight excluding hydrogens is 400 g/mol. The number of hydrogen-bond donors (Lipinski definition) is 1. The molecule has 1 spiro atoms. The Morgan fingerprint density at radius 1 is 1.23 bits per heavy atom. The number of rotatable bonds is 4. The fourth-order valence-corrected chi connectivity index (χ4v) is 4.58. The third-order valence-electron chi connectivity index (χ3n) is 5.90. The van der Waals surface area contributed by atoms with Crippen LogP contribution in [0.5, 0.6) is 0 Å². The second kappa shape index (κ2) is 7.35. The number of barbiturate groups is 1. The third-order valence-corrected chi connectivity index (χ3v) is 5.90. The molecule has 0 aliphatic carbocycles. The van der Waals surface area contributed by atoms with Gasteiger partial charge in [0.2, 0.25) is 11.8 Å². The zero-order valence-corrected chi connectivity index (χ0v) is 16.8. The molecule has 2 aromatic rings. The van der Waals surface area contributed by atoms with Gasteiger partial charge in [-0.25, -0.2) is 4.79 Å². The van der Waals surface area contributed by atoms with Gasteiger partial charge in [0, 0.05) is 37.8 Å². The van der Waals surface area contributed by atoms with Gasteiger partial charge in [-0.2, -0.15) is 0 Å². The summed E-state index contributed by atoms with van der Waals surface area (Å²) in [6, 6.07) is 11.9. The van der Waals surface area contributed by atoms with Gasteiger partial charge in [-0.1, -0.05) is 36.4 Å². The Kier molecular flexibility index (Phi) is 4.81. The van der Waals surface area contributed by atoms with Crippen molar-refractivity contribution in [2.75, 3.05) is 18.5 Å². The van der Waals surface area contributed by atoms with Crippen molar-refractivity contribution in [1.82, 2.24) is 10.2 Å². The number of nitrogens with one attached hydrogen (secondary N) is 1. The van der Waals surface area contributed by atoms with Crippen LogP contribution in [-0.4, -0.2) is 41.3 Å². The number of non-ortho nitro benzene ring substituents is 1. The van der Waals surface area contributed by atoms with E-state index in [0.29, 0.717) is 16.8 Å². The highest BCUT2D eigenvalue weighted by atomic mass is 16.6. The standard InChI is InChI=1S/C22H20N4O5/c1-3-11-25-20(28)22(19(27)23-21(25)29)13-15-12-16(26(30)31)9-10-17(15)24(2)18(22)14-7-5-4-6-8-14/h3-10,12,18H,1,11,13H2,2H3,(H,23,27,29)/t18-,22-/m1/s1. The first kappa shape index (κ1) is 20.3. The molecule has 9 nitrogen and oxygen atoms in total. The Labute approximate surface area is 178 Å². The summed E-state index contributed by atoms with van der Waals surface area (Å²) in [4.78, 5) is 52.9. The number of carbonyl (C=O) groups excluding carboxylic acids is 3. The Morgan fingerprint density at radius 3 is 2.58 bits per heavy atom. The van der Waals surface area contributed by atoms with E-state index in [1.54, 1.807) is 30.1 Å². The van der Waals surface area contributed by atoms with Crippen LogP contribution >= 0.6 is 0 Å². The number of urea groups is 1. The molecule has 1 fully saturated rings. The van der Waals surface area contributed by atoms with Crippen molar-refractivity contribution in [3.8, 4) is 0 Å². The number of carbonyl (C=O) groups is 3. The molecule has 2 aromatic carbocycles. The van der Waals surface area contributed by atoms with Crippen LogP contribution in [0.25, 0.3) is 0 Å². The monoisotopic (exact) mass is 420 g/mol. The molecule has 0 radical (unpaired) electrons. The number of nitrogens with zero attached hydrogens (tertiary/aromatic N) is 3. The number of fused-ring (bicyclic) bond motifs is 1. The highest BCUT2D eigenvalue weighted by Crippen LogP contribution is 2.51. The molecule has 31 heavy (non-hydrogen) atoms. The highest BCUT2D eigenvalue weighted by molar-refractivity contribution is 6.20. The minimum atomic E-state index is -1.69. The Morgan fingerprint density at radius 2 is 1.94 bits per heavy atom. The van der Waals surface area contributed by atoms with Crippen molar-refractivity contribution in [2.45, 2.75) is 12.5 Å². The molecule has 0 saturated carbocycles. The molecule has 4 rings (SSSR count). The molecule has 4 amide bonds. The van der Waals surface area contributed by atoms with E-state index in [-0.39, 0.29) is 18.7 Å². The van der Waals surface area contributed by atoms with Gasteiger partial charge in [0.25, 0.3) is 5.69 Å². The SMILES string of the molecule is C=CCN1C(=O)NC(=O)[C@]2(Cc3cc([N+](=O)[O-])ccc3N(C)[C@@H]2c2ccccc2)C1=O. The van der Waals surface area contributed by atoms with Gasteiger partial charge in [-0.3, -0.25) is 29.9 Å². The van der Waals surface area contributed by atoms with Crippen molar-refractivity contribution in [3.05, 3.63) is 82.4 Å². The molecule has 0 unspecified atom stereocenters. The lowest BCUT2D eigenvalue weighted by atomic mass is 9.66. The van der Waals surface area contributed by atoms with Crippen LogP contribution in [0.2, 0.25) is 0 Å². The van der Waals surface area contributed by atoms with Gasteiger partial charge in [-0.05, 0) is 17.2 Å². The zero-order valence-electron chi connectivity index (χ0n) is 16.8. The number of anilines is 1. The van der Waals surface area contributed by atoms with Crippen LogP contribution < -0.4 is 10.2 Å². The van der Waals surface area contributed by atoms with E-state index in [1.165, 1.54) is 18.2 Å². The summed E-state index contributed by atoms with van der Waals surface area (Å²) in [5, 5.41) is 13.6. The molecule has 2 aliphatic rings. The summed E-state index contributed by atoms with van der Waals surface area (Å²) in [7, 11) is 1.73. The minimum Gasteiger partial charge on any atom is -0.366 e. The average Bonchev–Trinajstić information content (AvgIpc) is 2.75. The summed E-state index contributed by atoms with van der Waals surface area (Å²) in [5.41, 5.74) is 0.0570. The van der Waals surface area contributed by atoms with Crippen LogP contribution in [0.1, 0.15) is 17.2 Å². The summed E-state index contributed by atoms with van der Waals surface area (Å²) in [6.07, 6.45) is 1.32. The number of nitro benzene ring substituents is 1. The fraction of sp³-hybridized carbons (Fsp3) is 0.227. The predicted octanol–water partition coefficient (Wildman–Crippen LogP) is 2.58. The fourth-order valence-electron chi connectivity index (χ4n) is 4.58. The van der Waals surface area contributed by atoms with E-state index in [1.807, 2.05) is 18.2 Å². The molecule has 0 aromatic heterocycles. The van der Waals surface area contributed by atoms with E-state index >= 15 is 0 Å². The Hall–Kier alpha value is -4.01. The van der Waals surface area contributed by atoms with Crippen molar-refractivity contribution >= 4 is 29.2 Å². The Balaban J connectivity index is 1.96. The summed E-state index contributed by atoms with van der Waals surface area (Å²) in [5.74, 6) is -1.38. The summed E-state index contributed by atoms with van der Waals surface area (Å²) < 4.78 is 0. The predicted molar refractivity (Wildman–Crippen MR) is 112 cm³/mol. The maximum Gasteiger partial charge on any atom is 0.331 e. The third kappa shape index (κ3) is 2.97.